The summed E-state index contributed by atoms with van der Waals surface area (Å²) >= 11 is 0. The molecule has 2 aliphatic rings. The van der Waals surface area contributed by atoms with E-state index >= 15 is 0 Å². The van der Waals surface area contributed by atoms with Gasteiger partial charge in [-0.1, -0.05) is 43.2 Å². The topological polar surface area (TPSA) is 49.4 Å². The maximum Gasteiger partial charge on any atom is 0.225 e. The summed E-state index contributed by atoms with van der Waals surface area (Å²) in [7, 11) is 0. The number of hydrogen-bond acceptors (Lipinski definition) is 2. The molecule has 4 nitrogen and oxygen atoms in total. The minimum absolute atomic E-state index is 0.0299. The summed E-state index contributed by atoms with van der Waals surface area (Å²) in [6, 6.07) is 10.5. The van der Waals surface area contributed by atoms with Crippen LogP contribution in [0.4, 0.5) is 0 Å². The van der Waals surface area contributed by atoms with E-state index in [0.29, 0.717) is 19.5 Å². The molecule has 1 atom stereocenters. The fourth-order valence-electron chi connectivity index (χ4n) is 4.34. The lowest BCUT2D eigenvalue weighted by Crippen LogP contribution is -2.44. The van der Waals surface area contributed by atoms with Crippen LogP contribution >= 0.6 is 0 Å². The first-order valence-corrected chi connectivity index (χ1v) is 9.46. The highest BCUT2D eigenvalue weighted by Crippen LogP contribution is 2.40. The van der Waals surface area contributed by atoms with Crippen molar-refractivity contribution in [3.8, 4) is 0 Å². The van der Waals surface area contributed by atoms with Gasteiger partial charge in [0.15, 0.2) is 0 Å². The third kappa shape index (κ3) is 3.73. The maximum atomic E-state index is 12.7. The van der Waals surface area contributed by atoms with Crippen molar-refractivity contribution in [2.75, 3.05) is 13.1 Å². The smallest absolute Gasteiger partial charge is 0.225 e. The zero-order valence-electron chi connectivity index (χ0n) is 15.7. The number of rotatable bonds is 4. The molecule has 0 bridgehead atoms. The first-order chi connectivity index (χ1) is 11.8. The molecule has 25 heavy (non-hydrogen) atoms. The quantitative estimate of drug-likeness (QED) is 0.913. The molecule has 1 saturated carbocycles. The van der Waals surface area contributed by atoms with E-state index in [9.17, 15) is 9.59 Å². The zero-order valence-corrected chi connectivity index (χ0v) is 15.7. The monoisotopic (exact) mass is 342 g/mol. The van der Waals surface area contributed by atoms with Crippen molar-refractivity contribution < 1.29 is 9.59 Å². The summed E-state index contributed by atoms with van der Waals surface area (Å²) < 4.78 is 0. The first kappa shape index (κ1) is 18.0. The molecule has 0 radical (unpaired) electrons. The zero-order chi connectivity index (χ0) is 18.1. The van der Waals surface area contributed by atoms with Crippen molar-refractivity contribution in [1.82, 2.24) is 10.2 Å². The Morgan fingerprint density at radius 3 is 2.40 bits per heavy atom. The molecular weight excluding hydrogens is 312 g/mol. The van der Waals surface area contributed by atoms with Crippen LogP contribution in [0.5, 0.6) is 0 Å². The molecule has 1 aliphatic heterocycles. The molecule has 2 amide bonds. The van der Waals surface area contributed by atoms with Crippen molar-refractivity contribution in [2.24, 2.45) is 5.92 Å². The Morgan fingerprint density at radius 2 is 1.84 bits per heavy atom. The summed E-state index contributed by atoms with van der Waals surface area (Å²) in [5.74, 6) is -0.102. The average Bonchev–Trinajstić information content (AvgIpc) is 3.20. The largest absolute Gasteiger partial charge is 0.355 e. The first-order valence-electron chi connectivity index (χ1n) is 9.46. The Hall–Kier alpha value is -1.84. The van der Waals surface area contributed by atoms with Crippen molar-refractivity contribution >= 4 is 11.8 Å². The van der Waals surface area contributed by atoms with E-state index in [1.54, 1.807) is 0 Å². The van der Waals surface area contributed by atoms with Gasteiger partial charge in [0.1, 0.15) is 0 Å². The standard InChI is InChI=1S/C21H30N2O2/c1-20(2,3)23-14-16(13-18(23)24)19(25)22-15-21(11-7-8-12-21)17-9-5-4-6-10-17/h4-6,9-10,16H,7-8,11-15H2,1-3H3,(H,22,25)/t16-/m0/s1. The number of nitrogens with one attached hydrogen (secondary N) is 1. The molecule has 0 spiro atoms. The van der Waals surface area contributed by atoms with E-state index in [1.807, 2.05) is 31.7 Å². The van der Waals surface area contributed by atoms with Crippen LogP contribution in [-0.4, -0.2) is 35.3 Å². The Kier molecular flexibility index (Phi) is 4.90. The van der Waals surface area contributed by atoms with Gasteiger partial charge in [0.05, 0.1) is 5.92 Å². The Balaban J connectivity index is 1.65. The Morgan fingerprint density at radius 1 is 1.20 bits per heavy atom. The number of hydrogen-bond donors (Lipinski definition) is 1. The minimum atomic E-state index is -0.221. The van der Waals surface area contributed by atoms with E-state index < -0.39 is 0 Å². The van der Waals surface area contributed by atoms with Crippen molar-refractivity contribution in [3.05, 3.63) is 35.9 Å². The van der Waals surface area contributed by atoms with Gasteiger partial charge in [-0.3, -0.25) is 9.59 Å². The van der Waals surface area contributed by atoms with E-state index in [4.69, 9.17) is 0 Å². The fourth-order valence-corrected chi connectivity index (χ4v) is 4.34. The lowest BCUT2D eigenvalue weighted by Gasteiger charge is -2.32. The Labute approximate surface area is 151 Å². The fraction of sp³-hybridized carbons (Fsp3) is 0.619. The highest BCUT2D eigenvalue weighted by molar-refractivity contribution is 5.89. The third-order valence-corrected chi connectivity index (χ3v) is 5.85. The second-order valence-electron chi connectivity index (χ2n) is 8.65. The van der Waals surface area contributed by atoms with Gasteiger partial charge in [0.2, 0.25) is 11.8 Å². The van der Waals surface area contributed by atoms with Crippen LogP contribution in [0.25, 0.3) is 0 Å². The summed E-state index contributed by atoms with van der Waals surface area (Å²) in [6.45, 7) is 7.28. The lowest BCUT2D eigenvalue weighted by atomic mass is 9.78. The molecule has 2 fully saturated rings. The number of nitrogens with zero attached hydrogens (tertiary/aromatic N) is 1. The lowest BCUT2D eigenvalue weighted by molar-refractivity contribution is -0.132. The van der Waals surface area contributed by atoms with Crippen LogP contribution in [0.15, 0.2) is 30.3 Å². The SMILES string of the molecule is CC(C)(C)N1C[C@@H](C(=O)NCC2(c3ccccc3)CCCC2)CC1=O. The normalized spacial score (nSPS) is 23.1. The van der Waals surface area contributed by atoms with Gasteiger partial charge in [-0.05, 0) is 39.2 Å². The number of benzene rings is 1. The summed E-state index contributed by atoms with van der Waals surface area (Å²) in [6.07, 6.45) is 5.00. The van der Waals surface area contributed by atoms with E-state index in [2.05, 4.69) is 29.6 Å². The highest BCUT2D eigenvalue weighted by atomic mass is 16.2. The molecule has 3 rings (SSSR count). The van der Waals surface area contributed by atoms with Gasteiger partial charge in [0, 0.05) is 30.5 Å². The second kappa shape index (κ2) is 6.81. The third-order valence-electron chi connectivity index (χ3n) is 5.85. The van der Waals surface area contributed by atoms with Gasteiger partial charge in [0.25, 0.3) is 0 Å². The van der Waals surface area contributed by atoms with Crippen molar-refractivity contribution in [3.63, 3.8) is 0 Å². The van der Waals surface area contributed by atoms with Crippen molar-refractivity contribution in [1.29, 1.82) is 0 Å². The van der Waals surface area contributed by atoms with Crippen LogP contribution in [0, 0.1) is 5.92 Å². The van der Waals surface area contributed by atoms with Gasteiger partial charge < -0.3 is 10.2 Å². The molecule has 1 aromatic rings. The number of amides is 2. The average molecular weight is 342 g/mol. The molecule has 1 N–H and O–H groups in total. The predicted molar refractivity (Wildman–Crippen MR) is 99.2 cm³/mol. The van der Waals surface area contributed by atoms with Crippen LogP contribution < -0.4 is 5.32 Å². The van der Waals surface area contributed by atoms with E-state index in [0.717, 1.165) is 12.8 Å². The summed E-state index contributed by atoms with van der Waals surface area (Å²) in [4.78, 5) is 26.8. The maximum absolute atomic E-state index is 12.7. The van der Waals surface area contributed by atoms with Crippen molar-refractivity contribution in [2.45, 2.75) is 63.8 Å². The summed E-state index contributed by atoms with van der Waals surface area (Å²) in [5.41, 5.74) is 1.16. The molecule has 1 saturated heterocycles. The van der Waals surface area contributed by atoms with Gasteiger partial charge in [-0.15, -0.1) is 0 Å². The molecule has 136 valence electrons. The molecule has 4 heteroatoms. The molecular formula is C21H30N2O2. The van der Waals surface area contributed by atoms with Crippen LogP contribution in [0.3, 0.4) is 0 Å². The predicted octanol–water partition coefficient (Wildman–Crippen LogP) is 3.26. The van der Waals surface area contributed by atoms with Crippen LogP contribution in [0.2, 0.25) is 0 Å². The summed E-state index contributed by atoms with van der Waals surface area (Å²) in [5, 5.41) is 3.18. The van der Waals surface area contributed by atoms with Gasteiger partial charge >= 0.3 is 0 Å². The number of likely N-dealkylation sites (tertiary alicyclic amines) is 1. The minimum Gasteiger partial charge on any atom is -0.355 e. The number of carbonyl (C=O) groups excluding carboxylic acids is 2. The molecule has 1 aromatic carbocycles. The van der Waals surface area contributed by atoms with Crippen LogP contribution in [-0.2, 0) is 15.0 Å². The highest BCUT2D eigenvalue weighted by Gasteiger charge is 2.41. The Bertz CT molecular complexity index is 627. The molecule has 1 heterocycles. The van der Waals surface area contributed by atoms with Gasteiger partial charge in [-0.25, -0.2) is 0 Å². The van der Waals surface area contributed by atoms with Gasteiger partial charge in [-0.2, -0.15) is 0 Å². The van der Waals surface area contributed by atoms with E-state index in [1.165, 1.54) is 18.4 Å². The van der Waals surface area contributed by atoms with E-state index in [-0.39, 0.29) is 28.7 Å². The second-order valence-corrected chi connectivity index (χ2v) is 8.65. The van der Waals surface area contributed by atoms with Crippen LogP contribution in [0.1, 0.15) is 58.4 Å². The molecule has 0 aromatic heterocycles. The molecule has 1 aliphatic carbocycles. The number of carbonyl (C=O) groups is 2. The molecule has 0 unspecified atom stereocenters.